The number of aliphatic hydroxyl groups excluding tert-OH is 1. The molecular formula is C27H34ClN3O5. The molecule has 0 saturated carbocycles. The van der Waals surface area contributed by atoms with Gasteiger partial charge < -0.3 is 29.0 Å². The average Bonchev–Trinajstić information content (AvgIpc) is 3.28. The van der Waals surface area contributed by atoms with Crippen molar-refractivity contribution < 1.29 is 24.4 Å². The number of hydrogen-bond acceptors (Lipinski definition) is 7. The molecule has 0 radical (unpaired) electrons. The van der Waals surface area contributed by atoms with Crippen molar-refractivity contribution >= 4 is 11.6 Å². The zero-order valence-corrected chi connectivity index (χ0v) is 21.5. The fourth-order valence-electron chi connectivity index (χ4n) is 4.41. The number of hydrogen-bond donors (Lipinski definition) is 2. The normalized spacial score (nSPS) is 20.3. The summed E-state index contributed by atoms with van der Waals surface area (Å²) in [6, 6.07) is 12.8. The summed E-state index contributed by atoms with van der Waals surface area (Å²) in [5.74, 6) is 2.95. The summed E-state index contributed by atoms with van der Waals surface area (Å²) < 4.78 is 19.4. The number of nitrogens with zero attached hydrogens (tertiary/aromatic N) is 3. The van der Waals surface area contributed by atoms with Crippen LogP contribution in [-0.4, -0.2) is 69.8 Å². The van der Waals surface area contributed by atoms with E-state index in [2.05, 4.69) is 14.5 Å². The molecule has 1 aliphatic heterocycles. The standard InChI is InChI=1S/C27H34ClN3O5/c1-20-29-11-14-31(20)12-3-15-35-25-16-21(4-9-24(25)34-2)17-30-13-10-26(32)27(33,18-30)19-36-23-7-5-22(28)6-8-23/h4-9,11,14,16,26,32-33H,3,10,12-13,15,17-19H2,1-2H3/t26-,27-/m0/s1. The van der Waals surface area contributed by atoms with Crippen LogP contribution in [0.1, 0.15) is 24.2 Å². The predicted octanol–water partition coefficient (Wildman–Crippen LogP) is 3.70. The number of β-amino-alcohol motifs (C(OH)–C–C–N with tert-alkyl or cyclic N) is 1. The molecule has 8 nitrogen and oxygen atoms in total. The molecule has 0 aliphatic carbocycles. The van der Waals surface area contributed by atoms with Crippen molar-refractivity contribution in [3.63, 3.8) is 0 Å². The monoisotopic (exact) mass is 515 g/mol. The minimum absolute atomic E-state index is 0.0142. The quantitative estimate of drug-likeness (QED) is 0.376. The van der Waals surface area contributed by atoms with Gasteiger partial charge in [0.1, 0.15) is 23.8 Å². The van der Waals surface area contributed by atoms with E-state index in [4.69, 9.17) is 25.8 Å². The van der Waals surface area contributed by atoms with Crippen molar-refractivity contribution in [1.82, 2.24) is 14.5 Å². The van der Waals surface area contributed by atoms with Gasteiger partial charge in [-0.25, -0.2) is 4.98 Å². The number of ether oxygens (including phenoxy) is 3. The number of aliphatic hydroxyl groups is 2. The van der Waals surface area contributed by atoms with Crippen LogP contribution in [0.25, 0.3) is 0 Å². The van der Waals surface area contributed by atoms with E-state index in [0.717, 1.165) is 24.4 Å². The molecule has 2 N–H and O–H groups in total. The second-order valence-electron chi connectivity index (χ2n) is 9.22. The number of methoxy groups -OCH3 is 1. The minimum Gasteiger partial charge on any atom is -0.493 e. The zero-order chi connectivity index (χ0) is 25.5. The second kappa shape index (κ2) is 12.0. The molecule has 1 fully saturated rings. The molecule has 2 atom stereocenters. The van der Waals surface area contributed by atoms with Crippen LogP contribution in [0, 0.1) is 6.92 Å². The maximum Gasteiger partial charge on any atom is 0.161 e. The molecule has 1 aliphatic rings. The summed E-state index contributed by atoms with van der Waals surface area (Å²) in [7, 11) is 1.63. The van der Waals surface area contributed by atoms with Crippen LogP contribution in [0.2, 0.25) is 5.02 Å². The van der Waals surface area contributed by atoms with E-state index in [1.54, 1.807) is 37.6 Å². The van der Waals surface area contributed by atoms with Gasteiger partial charge in [0, 0.05) is 43.6 Å². The van der Waals surface area contributed by atoms with Crippen LogP contribution in [0.3, 0.4) is 0 Å². The first kappa shape index (κ1) is 26.3. The van der Waals surface area contributed by atoms with Gasteiger partial charge in [-0.2, -0.15) is 0 Å². The SMILES string of the molecule is COc1ccc(CN2CC[C@H](O)[C@@](O)(COc3ccc(Cl)cc3)C2)cc1OCCCn1ccnc1C. The molecule has 1 aromatic heterocycles. The Bertz CT molecular complexity index is 1120. The number of aryl methyl sites for hydroxylation is 2. The Morgan fingerprint density at radius 1 is 1.14 bits per heavy atom. The lowest BCUT2D eigenvalue weighted by Crippen LogP contribution is -2.59. The van der Waals surface area contributed by atoms with E-state index in [-0.39, 0.29) is 13.2 Å². The van der Waals surface area contributed by atoms with Gasteiger partial charge in [0.05, 0.1) is 19.8 Å². The van der Waals surface area contributed by atoms with E-state index in [1.165, 1.54) is 0 Å². The van der Waals surface area contributed by atoms with Crippen LogP contribution >= 0.6 is 11.6 Å². The van der Waals surface area contributed by atoms with E-state index < -0.39 is 11.7 Å². The third-order valence-electron chi connectivity index (χ3n) is 6.50. The molecule has 0 amide bonds. The van der Waals surface area contributed by atoms with Crippen molar-refractivity contribution in [2.75, 3.05) is 33.4 Å². The molecule has 0 unspecified atom stereocenters. The largest absolute Gasteiger partial charge is 0.493 e. The Kier molecular flexibility index (Phi) is 8.74. The van der Waals surface area contributed by atoms with Gasteiger partial charge in [-0.15, -0.1) is 0 Å². The summed E-state index contributed by atoms with van der Waals surface area (Å²) in [6.07, 6.45) is 4.19. The molecule has 9 heteroatoms. The summed E-state index contributed by atoms with van der Waals surface area (Å²) in [5, 5.41) is 22.3. The number of likely N-dealkylation sites (tertiary alicyclic amines) is 1. The number of halogens is 1. The van der Waals surface area contributed by atoms with Gasteiger partial charge in [0.2, 0.25) is 0 Å². The van der Waals surface area contributed by atoms with Crippen LogP contribution in [0.4, 0.5) is 0 Å². The maximum absolute atomic E-state index is 11.2. The van der Waals surface area contributed by atoms with E-state index >= 15 is 0 Å². The van der Waals surface area contributed by atoms with E-state index in [1.807, 2.05) is 31.3 Å². The number of benzene rings is 2. The molecule has 194 valence electrons. The van der Waals surface area contributed by atoms with Gasteiger partial charge in [0.25, 0.3) is 0 Å². The smallest absolute Gasteiger partial charge is 0.161 e. The Labute approximate surface area is 217 Å². The summed E-state index contributed by atoms with van der Waals surface area (Å²) in [4.78, 5) is 6.36. The Morgan fingerprint density at radius 2 is 1.94 bits per heavy atom. The zero-order valence-electron chi connectivity index (χ0n) is 20.8. The van der Waals surface area contributed by atoms with Crippen molar-refractivity contribution in [2.45, 2.75) is 44.6 Å². The van der Waals surface area contributed by atoms with Gasteiger partial charge in [-0.1, -0.05) is 17.7 Å². The van der Waals surface area contributed by atoms with E-state index in [9.17, 15) is 10.2 Å². The molecule has 4 rings (SSSR count). The summed E-state index contributed by atoms with van der Waals surface area (Å²) >= 11 is 5.93. The van der Waals surface area contributed by atoms with Crippen molar-refractivity contribution in [3.8, 4) is 17.2 Å². The Balaban J connectivity index is 1.34. The van der Waals surface area contributed by atoms with Crippen molar-refractivity contribution in [1.29, 1.82) is 0 Å². The van der Waals surface area contributed by atoms with Crippen LogP contribution in [-0.2, 0) is 13.1 Å². The molecule has 2 heterocycles. The first-order valence-electron chi connectivity index (χ1n) is 12.1. The van der Waals surface area contributed by atoms with E-state index in [0.29, 0.717) is 48.4 Å². The molecule has 3 aromatic rings. The Morgan fingerprint density at radius 3 is 2.67 bits per heavy atom. The minimum atomic E-state index is -1.38. The number of imidazole rings is 1. The highest BCUT2D eigenvalue weighted by atomic mass is 35.5. The highest BCUT2D eigenvalue weighted by Crippen LogP contribution is 2.30. The first-order valence-corrected chi connectivity index (χ1v) is 12.5. The van der Waals surface area contributed by atoms with Crippen LogP contribution < -0.4 is 14.2 Å². The number of piperidine rings is 1. The van der Waals surface area contributed by atoms with Crippen LogP contribution in [0.5, 0.6) is 17.2 Å². The topological polar surface area (TPSA) is 89.2 Å². The van der Waals surface area contributed by atoms with Gasteiger partial charge in [0.15, 0.2) is 11.5 Å². The predicted molar refractivity (Wildman–Crippen MR) is 138 cm³/mol. The molecule has 2 aromatic carbocycles. The molecular weight excluding hydrogens is 482 g/mol. The lowest BCUT2D eigenvalue weighted by molar-refractivity contribution is -0.140. The summed E-state index contributed by atoms with van der Waals surface area (Å²) in [6.45, 7) is 4.91. The first-order chi connectivity index (χ1) is 17.4. The average molecular weight is 516 g/mol. The van der Waals surface area contributed by atoms with Gasteiger partial charge in [-0.3, -0.25) is 4.90 Å². The third-order valence-corrected chi connectivity index (χ3v) is 6.75. The van der Waals surface area contributed by atoms with Crippen LogP contribution in [0.15, 0.2) is 54.9 Å². The van der Waals surface area contributed by atoms with Gasteiger partial charge in [-0.05, 0) is 61.7 Å². The molecule has 36 heavy (non-hydrogen) atoms. The molecule has 1 saturated heterocycles. The van der Waals surface area contributed by atoms with Crippen molar-refractivity contribution in [3.05, 3.63) is 71.3 Å². The molecule has 0 bridgehead atoms. The fraction of sp³-hybridized carbons (Fsp3) is 0.444. The number of aromatic nitrogens is 2. The number of rotatable bonds is 11. The lowest BCUT2D eigenvalue weighted by Gasteiger charge is -2.42. The van der Waals surface area contributed by atoms with Gasteiger partial charge >= 0.3 is 0 Å². The Hall–Kier alpha value is -2.78. The lowest BCUT2D eigenvalue weighted by atomic mass is 9.90. The highest BCUT2D eigenvalue weighted by Gasteiger charge is 2.42. The van der Waals surface area contributed by atoms with Crippen molar-refractivity contribution in [2.24, 2.45) is 0 Å². The highest BCUT2D eigenvalue weighted by molar-refractivity contribution is 6.30. The third kappa shape index (κ3) is 6.70. The summed E-state index contributed by atoms with van der Waals surface area (Å²) in [5.41, 5.74) is -0.344. The maximum atomic E-state index is 11.2. The fourth-order valence-corrected chi connectivity index (χ4v) is 4.53. The molecule has 0 spiro atoms. The second-order valence-corrected chi connectivity index (χ2v) is 9.65.